The molecule has 4 aromatic rings. The molecule has 0 unspecified atom stereocenters. The number of fused-ring (bicyclic) bond motifs is 1. The molecule has 0 aromatic carbocycles. The zero-order valence-corrected chi connectivity index (χ0v) is 16.2. The lowest BCUT2D eigenvalue weighted by Crippen LogP contribution is -2.16. The number of carbonyl (C=O) groups excluding carboxylic acids is 1. The van der Waals surface area contributed by atoms with E-state index in [-0.39, 0.29) is 45.9 Å². The molecule has 4 aromatic heterocycles. The third-order valence-corrected chi connectivity index (χ3v) is 4.90. The van der Waals surface area contributed by atoms with Crippen LogP contribution in [0.2, 0.25) is 0 Å². The van der Waals surface area contributed by atoms with Gasteiger partial charge in [0.1, 0.15) is 17.2 Å². The quantitative estimate of drug-likeness (QED) is 0.446. The molecule has 0 atom stereocenters. The molecule has 4 heterocycles. The minimum Gasteiger partial charge on any atom is -0.453 e. The molecule has 5 N–H and O–H groups in total. The fourth-order valence-electron chi connectivity index (χ4n) is 2.79. The van der Waals surface area contributed by atoms with Crippen LogP contribution in [0.25, 0.3) is 22.6 Å². The molecule has 4 rings (SSSR count). The Balaban J connectivity index is 1.83. The Morgan fingerprint density at radius 1 is 1.30 bits per heavy atom. The Hall–Kier alpha value is -3.87. The molecular formula is C17H14F2N8O2S. The van der Waals surface area contributed by atoms with E-state index in [4.69, 9.17) is 11.5 Å². The number of ether oxygens (including phenoxy) is 1. The van der Waals surface area contributed by atoms with E-state index >= 15 is 0 Å². The van der Waals surface area contributed by atoms with E-state index in [1.165, 1.54) is 17.9 Å². The number of rotatable bonds is 4. The van der Waals surface area contributed by atoms with Crippen molar-refractivity contribution in [1.82, 2.24) is 24.7 Å². The molecule has 0 fully saturated rings. The van der Waals surface area contributed by atoms with Crippen LogP contribution in [0.3, 0.4) is 0 Å². The number of nitrogens with two attached hydrogens (primary N) is 2. The highest BCUT2D eigenvalue weighted by molar-refractivity contribution is 7.08. The van der Waals surface area contributed by atoms with Crippen molar-refractivity contribution in [3.8, 4) is 11.5 Å². The van der Waals surface area contributed by atoms with Gasteiger partial charge in [-0.15, -0.1) is 11.3 Å². The molecule has 0 bridgehead atoms. The van der Waals surface area contributed by atoms with Gasteiger partial charge in [-0.25, -0.2) is 28.8 Å². The van der Waals surface area contributed by atoms with Crippen molar-refractivity contribution in [3.05, 3.63) is 40.2 Å². The lowest BCUT2D eigenvalue weighted by molar-refractivity contribution is 0.187. The first-order chi connectivity index (χ1) is 14.4. The third kappa shape index (κ3) is 3.45. The van der Waals surface area contributed by atoms with E-state index in [1.54, 1.807) is 11.4 Å². The van der Waals surface area contributed by atoms with Crippen LogP contribution in [0.1, 0.15) is 5.56 Å². The zero-order valence-electron chi connectivity index (χ0n) is 15.4. The maximum atomic E-state index is 13.9. The predicted molar refractivity (Wildman–Crippen MR) is 107 cm³/mol. The van der Waals surface area contributed by atoms with Crippen LogP contribution in [-0.2, 0) is 11.3 Å². The summed E-state index contributed by atoms with van der Waals surface area (Å²) in [4.78, 5) is 23.7. The fraction of sp³-hybridized carbons (Fsp3) is 0.118. The maximum Gasteiger partial charge on any atom is 0.411 e. The van der Waals surface area contributed by atoms with Crippen molar-refractivity contribution in [2.75, 3.05) is 23.9 Å². The lowest BCUT2D eigenvalue weighted by Gasteiger charge is -2.10. The Morgan fingerprint density at radius 2 is 2.03 bits per heavy atom. The third-order valence-electron chi connectivity index (χ3n) is 4.16. The van der Waals surface area contributed by atoms with Crippen molar-refractivity contribution in [1.29, 1.82) is 0 Å². The highest BCUT2D eigenvalue weighted by atomic mass is 32.1. The van der Waals surface area contributed by atoms with Gasteiger partial charge in [0.05, 0.1) is 25.2 Å². The van der Waals surface area contributed by atoms with Crippen LogP contribution >= 0.6 is 11.3 Å². The van der Waals surface area contributed by atoms with Gasteiger partial charge in [-0.3, -0.25) is 5.32 Å². The number of nitrogens with zero attached hydrogens (tertiary/aromatic N) is 5. The monoisotopic (exact) mass is 432 g/mol. The van der Waals surface area contributed by atoms with Gasteiger partial charge in [0, 0.05) is 5.56 Å². The molecular weight excluding hydrogens is 418 g/mol. The molecule has 30 heavy (non-hydrogen) atoms. The van der Waals surface area contributed by atoms with Crippen molar-refractivity contribution < 1.29 is 18.3 Å². The second-order valence-electron chi connectivity index (χ2n) is 6.06. The fourth-order valence-corrected chi connectivity index (χ4v) is 3.42. The number of hydrogen-bond acceptors (Lipinski definition) is 9. The largest absolute Gasteiger partial charge is 0.453 e. The molecule has 0 aliphatic heterocycles. The minimum atomic E-state index is -0.802. The summed E-state index contributed by atoms with van der Waals surface area (Å²) in [5.41, 5.74) is 12.6. The Kier molecular flexibility index (Phi) is 4.87. The molecule has 0 spiro atoms. The summed E-state index contributed by atoms with van der Waals surface area (Å²) in [7, 11) is 1.17. The minimum absolute atomic E-state index is 0.0117. The maximum absolute atomic E-state index is 13.9. The van der Waals surface area contributed by atoms with Gasteiger partial charge >= 0.3 is 6.09 Å². The summed E-state index contributed by atoms with van der Waals surface area (Å²) >= 11 is 0.956. The van der Waals surface area contributed by atoms with Crippen LogP contribution in [-0.4, -0.2) is 37.9 Å². The Labute approximate surface area is 171 Å². The number of pyridine rings is 1. The molecule has 0 aliphatic rings. The smallest absolute Gasteiger partial charge is 0.411 e. The normalized spacial score (nSPS) is 11.0. The van der Waals surface area contributed by atoms with Gasteiger partial charge < -0.3 is 16.2 Å². The topological polar surface area (TPSA) is 147 Å². The number of aromatic nitrogens is 5. The van der Waals surface area contributed by atoms with Crippen molar-refractivity contribution in [3.63, 3.8) is 0 Å². The van der Waals surface area contributed by atoms with E-state index in [1.807, 2.05) is 0 Å². The number of hydrogen-bond donors (Lipinski definition) is 3. The van der Waals surface area contributed by atoms with Crippen molar-refractivity contribution in [2.24, 2.45) is 0 Å². The van der Waals surface area contributed by atoms with E-state index in [0.29, 0.717) is 11.2 Å². The van der Waals surface area contributed by atoms with E-state index in [0.717, 1.165) is 17.5 Å². The average molecular weight is 432 g/mol. The number of nitrogen functional groups attached to an aromatic ring is 2. The molecule has 154 valence electrons. The predicted octanol–water partition coefficient (Wildman–Crippen LogP) is 2.62. The Morgan fingerprint density at radius 3 is 2.67 bits per heavy atom. The van der Waals surface area contributed by atoms with Crippen LogP contribution in [0, 0.1) is 10.9 Å². The highest BCUT2D eigenvalue weighted by Gasteiger charge is 2.21. The van der Waals surface area contributed by atoms with Crippen LogP contribution < -0.4 is 16.8 Å². The molecule has 1 amide bonds. The van der Waals surface area contributed by atoms with Gasteiger partial charge in [0.25, 0.3) is 0 Å². The first kappa shape index (κ1) is 19.4. The first-order valence-corrected chi connectivity index (χ1v) is 9.27. The van der Waals surface area contributed by atoms with Gasteiger partial charge in [-0.1, -0.05) is 0 Å². The molecule has 0 aliphatic carbocycles. The summed E-state index contributed by atoms with van der Waals surface area (Å²) in [5.74, 6) is -0.894. The molecule has 0 saturated heterocycles. The SMILES string of the molecule is COC(=O)Nc1c(N)nc(-c2nn(Cc3ccsc3F)c3ncc(F)cc23)nc1N. The summed E-state index contributed by atoms with van der Waals surface area (Å²) in [5, 5.41) is 8.25. The number of thiophene rings is 1. The van der Waals surface area contributed by atoms with Crippen molar-refractivity contribution >= 4 is 45.8 Å². The summed E-state index contributed by atoms with van der Waals surface area (Å²) in [6.07, 6.45) is 0.227. The standard InChI is InChI=1S/C17H14F2N8O2S/c1-29-17(28)23-11-13(20)24-15(25-14(11)21)10-9-4-8(18)5-22-16(9)27(26-10)6-7-2-3-30-12(7)19/h2-5H,6H2,1H3,(H,23,28)(H4,20,21,24,25). The van der Waals surface area contributed by atoms with E-state index < -0.39 is 11.9 Å². The van der Waals surface area contributed by atoms with Crippen LogP contribution in [0.15, 0.2) is 23.7 Å². The summed E-state index contributed by atoms with van der Waals surface area (Å²) in [6, 6.07) is 2.83. The van der Waals surface area contributed by atoms with Gasteiger partial charge in [0.15, 0.2) is 28.2 Å². The van der Waals surface area contributed by atoms with E-state index in [9.17, 15) is 13.6 Å². The Bertz CT molecular complexity index is 1250. The molecule has 0 saturated carbocycles. The van der Waals surface area contributed by atoms with Crippen LogP contribution in [0.5, 0.6) is 0 Å². The second kappa shape index (κ2) is 7.51. The number of halogens is 2. The number of methoxy groups -OCH3 is 1. The summed E-state index contributed by atoms with van der Waals surface area (Å²) in [6.45, 7) is 0.0669. The van der Waals surface area contributed by atoms with E-state index in [2.05, 4.69) is 30.1 Å². The van der Waals surface area contributed by atoms with Gasteiger partial charge in [0.2, 0.25) is 0 Å². The number of nitrogens with one attached hydrogen (secondary N) is 1. The number of amides is 1. The molecule has 13 heteroatoms. The van der Waals surface area contributed by atoms with Gasteiger partial charge in [-0.2, -0.15) is 9.49 Å². The average Bonchev–Trinajstić information content (AvgIpc) is 3.28. The number of carbonyl (C=O) groups is 1. The second-order valence-corrected chi connectivity index (χ2v) is 6.93. The highest BCUT2D eigenvalue weighted by Crippen LogP contribution is 2.31. The molecule has 10 nitrogen and oxygen atoms in total. The lowest BCUT2D eigenvalue weighted by atomic mass is 10.2. The van der Waals surface area contributed by atoms with Crippen LogP contribution in [0.4, 0.5) is 30.9 Å². The van der Waals surface area contributed by atoms with Gasteiger partial charge in [-0.05, 0) is 17.5 Å². The first-order valence-electron chi connectivity index (χ1n) is 8.39. The zero-order chi connectivity index (χ0) is 21.4. The number of anilines is 3. The summed E-state index contributed by atoms with van der Waals surface area (Å²) < 4.78 is 33.7. The molecule has 0 radical (unpaired) electrons. The van der Waals surface area contributed by atoms with Crippen molar-refractivity contribution in [2.45, 2.75) is 6.54 Å².